The largest absolute Gasteiger partial charge is 0.367 e. The predicted octanol–water partition coefficient (Wildman–Crippen LogP) is 0.654. The fraction of sp³-hybridized carbons (Fsp3) is 0.500. The number of ether oxygens (including phenoxy) is 1. The van der Waals surface area contributed by atoms with Gasteiger partial charge >= 0.3 is 0 Å². The fourth-order valence-corrected chi connectivity index (χ4v) is 3.46. The zero-order valence-electron chi connectivity index (χ0n) is 11.9. The molecule has 0 spiro atoms. The third-order valence-corrected chi connectivity index (χ3v) is 5.03. The number of piperidine rings is 1. The van der Waals surface area contributed by atoms with Gasteiger partial charge in [0.1, 0.15) is 0 Å². The Balaban J connectivity index is 2.15. The summed E-state index contributed by atoms with van der Waals surface area (Å²) in [4.78, 5) is 14.1. The second-order valence-electron chi connectivity index (χ2n) is 5.16. The number of nitrogens with zero attached hydrogens (tertiary/aromatic N) is 1. The summed E-state index contributed by atoms with van der Waals surface area (Å²) in [5.41, 5.74) is 0.753. The molecule has 2 rings (SSSR count). The minimum atomic E-state index is -3.62. The van der Waals surface area contributed by atoms with Crippen molar-refractivity contribution in [1.82, 2.24) is 4.90 Å². The molecule has 0 saturated carbocycles. The average Bonchev–Trinajstić information content (AvgIpc) is 2.48. The molecule has 1 fully saturated rings. The van der Waals surface area contributed by atoms with Gasteiger partial charge in [0, 0.05) is 20.2 Å². The van der Waals surface area contributed by atoms with Crippen LogP contribution in [-0.4, -0.2) is 44.7 Å². The average molecular weight is 312 g/mol. The van der Waals surface area contributed by atoms with Crippen molar-refractivity contribution in [1.29, 1.82) is 0 Å². The summed E-state index contributed by atoms with van der Waals surface area (Å²) in [6.45, 7) is 0.655. The molecular formula is C14H20N2O4S. The molecule has 0 aliphatic carbocycles. The molecule has 1 saturated heterocycles. The van der Waals surface area contributed by atoms with Crippen molar-refractivity contribution in [2.75, 3.05) is 20.2 Å². The van der Waals surface area contributed by atoms with E-state index in [1.54, 1.807) is 0 Å². The van der Waals surface area contributed by atoms with Crippen LogP contribution in [0.15, 0.2) is 30.3 Å². The number of carbonyl (C=O) groups is 1. The minimum absolute atomic E-state index is 0.129. The van der Waals surface area contributed by atoms with E-state index in [4.69, 9.17) is 9.88 Å². The summed E-state index contributed by atoms with van der Waals surface area (Å²) in [6.07, 6.45) is 0.398. The second kappa shape index (κ2) is 6.55. The van der Waals surface area contributed by atoms with E-state index in [-0.39, 0.29) is 12.5 Å². The first-order valence-electron chi connectivity index (χ1n) is 6.81. The van der Waals surface area contributed by atoms with Gasteiger partial charge in [-0.2, -0.15) is 0 Å². The lowest BCUT2D eigenvalue weighted by molar-refractivity contribution is -0.143. The molecule has 6 nitrogen and oxygen atoms in total. The number of primary sulfonamides is 1. The highest BCUT2D eigenvalue weighted by atomic mass is 32.2. The van der Waals surface area contributed by atoms with Gasteiger partial charge < -0.3 is 9.64 Å². The molecular weight excluding hydrogens is 292 g/mol. The van der Waals surface area contributed by atoms with E-state index >= 15 is 0 Å². The second-order valence-corrected chi connectivity index (χ2v) is 7.01. The lowest BCUT2D eigenvalue weighted by Gasteiger charge is -2.33. The standard InChI is InChI=1S/C14H20N2O4S/c1-20-13(11-6-3-2-4-7-11)14(17)16-9-5-8-12(10-16)21(15,18)19/h2-4,6-7,12-13H,5,8-10H2,1H3,(H2,15,18,19). The number of benzene rings is 1. The maximum Gasteiger partial charge on any atom is 0.256 e. The highest BCUT2D eigenvalue weighted by molar-refractivity contribution is 7.89. The van der Waals surface area contributed by atoms with E-state index in [0.29, 0.717) is 19.4 Å². The fourth-order valence-electron chi connectivity index (χ4n) is 2.58. The molecule has 0 aromatic heterocycles. The Bertz CT molecular complexity index is 588. The number of amides is 1. The molecule has 2 unspecified atom stereocenters. The molecule has 1 amide bonds. The van der Waals surface area contributed by atoms with Crippen molar-refractivity contribution >= 4 is 15.9 Å². The number of hydrogen-bond donors (Lipinski definition) is 1. The third kappa shape index (κ3) is 3.81. The van der Waals surface area contributed by atoms with Crippen LogP contribution in [0, 0.1) is 0 Å². The number of likely N-dealkylation sites (tertiary alicyclic amines) is 1. The maximum absolute atomic E-state index is 12.6. The molecule has 1 aliphatic heterocycles. The molecule has 0 radical (unpaired) electrons. The van der Waals surface area contributed by atoms with E-state index < -0.39 is 21.4 Å². The SMILES string of the molecule is COC(C(=O)N1CCCC(S(N)(=O)=O)C1)c1ccccc1. The zero-order valence-corrected chi connectivity index (χ0v) is 12.8. The smallest absolute Gasteiger partial charge is 0.256 e. The Kier molecular flexibility index (Phi) is 4.97. The van der Waals surface area contributed by atoms with Gasteiger partial charge in [0.2, 0.25) is 10.0 Å². The van der Waals surface area contributed by atoms with Gasteiger partial charge in [-0.1, -0.05) is 30.3 Å². The van der Waals surface area contributed by atoms with Crippen LogP contribution in [0.5, 0.6) is 0 Å². The van der Waals surface area contributed by atoms with E-state index in [1.807, 2.05) is 30.3 Å². The van der Waals surface area contributed by atoms with E-state index in [1.165, 1.54) is 12.0 Å². The van der Waals surface area contributed by atoms with Crippen molar-refractivity contribution in [3.63, 3.8) is 0 Å². The van der Waals surface area contributed by atoms with Crippen LogP contribution in [0.1, 0.15) is 24.5 Å². The molecule has 1 aliphatic rings. The lowest BCUT2D eigenvalue weighted by atomic mass is 10.1. The highest BCUT2D eigenvalue weighted by Gasteiger charge is 2.33. The molecule has 116 valence electrons. The van der Waals surface area contributed by atoms with Gasteiger partial charge in [-0.05, 0) is 18.4 Å². The summed E-state index contributed by atoms with van der Waals surface area (Å²) in [5, 5.41) is 4.50. The Morgan fingerprint density at radius 1 is 1.38 bits per heavy atom. The number of methoxy groups -OCH3 is 1. The topological polar surface area (TPSA) is 89.7 Å². The van der Waals surface area contributed by atoms with Gasteiger partial charge in [0.25, 0.3) is 5.91 Å². The monoisotopic (exact) mass is 312 g/mol. The Labute approximate surface area is 124 Å². The molecule has 2 N–H and O–H groups in total. The molecule has 2 atom stereocenters. The van der Waals surface area contributed by atoms with Crippen LogP contribution in [0.4, 0.5) is 0 Å². The number of hydrogen-bond acceptors (Lipinski definition) is 4. The van der Waals surface area contributed by atoms with E-state index in [2.05, 4.69) is 0 Å². The molecule has 1 heterocycles. The summed E-state index contributed by atoms with van der Waals surface area (Å²) in [5.74, 6) is -0.225. The van der Waals surface area contributed by atoms with Crippen molar-refractivity contribution in [2.24, 2.45) is 5.14 Å². The normalized spacial score (nSPS) is 21.0. The van der Waals surface area contributed by atoms with Crippen LogP contribution in [0.2, 0.25) is 0 Å². The maximum atomic E-state index is 12.6. The van der Waals surface area contributed by atoms with Gasteiger partial charge in [-0.15, -0.1) is 0 Å². The van der Waals surface area contributed by atoms with Crippen molar-refractivity contribution in [2.45, 2.75) is 24.2 Å². The van der Waals surface area contributed by atoms with Crippen LogP contribution in [0.25, 0.3) is 0 Å². The lowest BCUT2D eigenvalue weighted by Crippen LogP contribution is -2.48. The molecule has 7 heteroatoms. The van der Waals surface area contributed by atoms with Crippen LogP contribution < -0.4 is 5.14 Å². The first-order valence-corrected chi connectivity index (χ1v) is 8.42. The predicted molar refractivity (Wildman–Crippen MR) is 78.9 cm³/mol. The van der Waals surface area contributed by atoms with Crippen molar-refractivity contribution in [3.05, 3.63) is 35.9 Å². The number of rotatable bonds is 4. The molecule has 0 bridgehead atoms. The molecule has 1 aromatic rings. The Hall–Kier alpha value is -1.44. The van der Waals surface area contributed by atoms with Gasteiger partial charge in [0.05, 0.1) is 5.25 Å². The van der Waals surface area contributed by atoms with E-state index in [0.717, 1.165) is 5.56 Å². The summed E-state index contributed by atoms with van der Waals surface area (Å²) in [6, 6.07) is 9.15. The highest BCUT2D eigenvalue weighted by Crippen LogP contribution is 2.23. The number of nitrogens with two attached hydrogens (primary N) is 1. The minimum Gasteiger partial charge on any atom is -0.367 e. The van der Waals surface area contributed by atoms with Gasteiger partial charge in [0.15, 0.2) is 6.10 Å². The Morgan fingerprint density at radius 3 is 2.62 bits per heavy atom. The Morgan fingerprint density at radius 2 is 2.05 bits per heavy atom. The van der Waals surface area contributed by atoms with Gasteiger partial charge in [-0.3, -0.25) is 4.79 Å². The van der Waals surface area contributed by atoms with Gasteiger partial charge in [-0.25, -0.2) is 13.6 Å². The first kappa shape index (κ1) is 15.9. The summed E-state index contributed by atoms with van der Waals surface area (Å²) in [7, 11) is -2.16. The van der Waals surface area contributed by atoms with Crippen molar-refractivity contribution in [3.8, 4) is 0 Å². The van der Waals surface area contributed by atoms with Crippen LogP contribution >= 0.6 is 0 Å². The van der Waals surface area contributed by atoms with Crippen LogP contribution in [-0.2, 0) is 19.6 Å². The van der Waals surface area contributed by atoms with Crippen molar-refractivity contribution < 1.29 is 17.9 Å². The summed E-state index contributed by atoms with van der Waals surface area (Å²) < 4.78 is 28.2. The third-order valence-electron chi connectivity index (χ3n) is 3.72. The molecule has 1 aromatic carbocycles. The quantitative estimate of drug-likeness (QED) is 0.884. The first-order chi connectivity index (χ1) is 9.93. The summed E-state index contributed by atoms with van der Waals surface area (Å²) >= 11 is 0. The number of carbonyl (C=O) groups excluding carboxylic acids is 1. The molecule has 21 heavy (non-hydrogen) atoms. The van der Waals surface area contributed by atoms with E-state index in [9.17, 15) is 13.2 Å². The van der Waals surface area contributed by atoms with Crippen LogP contribution in [0.3, 0.4) is 0 Å². The zero-order chi connectivity index (χ0) is 15.5. The number of sulfonamides is 1.